The van der Waals surface area contributed by atoms with Crippen molar-refractivity contribution in [3.05, 3.63) is 101 Å². The average Bonchev–Trinajstić information content (AvgIpc) is 3.14. The van der Waals surface area contributed by atoms with Gasteiger partial charge in [-0.1, -0.05) is 48.0 Å². The molecule has 0 aliphatic carbocycles. The first-order valence-electron chi connectivity index (χ1n) is 9.99. The predicted molar refractivity (Wildman–Crippen MR) is 121 cm³/mol. The van der Waals surface area contributed by atoms with Gasteiger partial charge in [0.1, 0.15) is 18.2 Å². The molecule has 0 aliphatic rings. The number of nitrogens with one attached hydrogen (secondary N) is 2. The quantitative estimate of drug-likeness (QED) is 0.445. The molecule has 162 valence electrons. The Morgan fingerprint density at radius 3 is 2.41 bits per heavy atom. The van der Waals surface area contributed by atoms with Gasteiger partial charge < -0.3 is 15.2 Å². The summed E-state index contributed by atoms with van der Waals surface area (Å²) in [6, 6.07) is 20.2. The van der Waals surface area contributed by atoms with Crippen molar-refractivity contribution in [2.24, 2.45) is 0 Å². The van der Waals surface area contributed by atoms with E-state index in [2.05, 4.69) is 15.6 Å². The zero-order valence-corrected chi connectivity index (χ0v) is 17.8. The molecule has 2 N–H and O–H groups in total. The van der Waals surface area contributed by atoms with Gasteiger partial charge in [-0.3, -0.25) is 9.59 Å². The summed E-state index contributed by atoms with van der Waals surface area (Å²) in [4.78, 5) is 29.7. The molecule has 0 radical (unpaired) electrons. The third-order valence-electron chi connectivity index (χ3n) is 4.96. The fourth-order valence-electron chi connectivity index (χ4n) is 3.34. The summed E-state index contributed by atoms with van der Waals surface area (Å²) < 4.78 is 14.8. The lowest BCUT2D eigenvalue weighted by molar-refractivity contribution is -0.121. The average molecular weight is 451 g/mol. The van der Waals surface area contributed by atoms with E-state index in [9.17, 15) is 14.0 Å². The number of carbonyl (C=O) groups is 2. The maximum Gasteiger partial charge on any atom is 0.253 e. The largest absolute Gasteiger partial charge is 0.350 e. The standard InChI is InChI=1S/C24H20ClFN4O2/c25-19-6-2-1-5-18(19)24(32)28-14-22-29-20-7-3-4-8-21(20)30(22)15-23(31)27-13-16-9-11-17(26)12-10-16/h1-12H,13-15H2,(H,27,31)(H,28,32). The van der Waals surface area contributed by atoms with Crippen molar-refractivity contribution in [1.29, 1.82) is 0 Å². The molecule has 2 amide bonds. The van der Waals surface area contributed by atoms with Crippen LogP contribution in [-0.2, 0) is 24.4 Å². The Kier molecular flexibility index (Phi) is 6.47. The van der Waals surface area contributed by atoms with E-state index in [0.717, 1.165) is 16.6 Å². The van der Waals surface area contributed by atoms with E-state index in [1.54, 1.807) is 41.0 Å². The summed E-state index contributed by atoms with van der Waals surface area (Å²) >= 11 is 6.10. The summed E-state index contributed by atoms with van der Waals surface area (Å²) in [5.41, 5.74) is 2.67. The van der Waals surface area contributed by atoms with E-state index in [0.29, 0.717) is 16.4 Å². The molecule has 0 unspecified atom stereocenters. The van der Waals surface area contributed by atoms with Crippen molar-refractivity contribution >= 4 is 34.4 Å². The van der Waals surface area contributed by atoms with Crippen LogP contribution in [0.3, 0.4) is 0 Å². The Labute approximate surface area is 189 Å². The van der Waals surface area contributed by atoms with Crippen molar-refractivity contribution in [1.82, 2.24) is 20.2 Å². The third-order valence-corrected chi connectivity index (χ3v) is 5.29. The molecular weight excluding hydrogens is 431 g/mol. The maximum atomic E-state index is 13.1. The number of carbonyl (C=O) groups excluding carboxylic acids is 2. The number of imidazole rings is 1. The monoisotopic (exact) mass is 450 g/mol. The topological polar surface area (TPSA) is 76.0 Å². The van der Waals surface area contributed by atoms with E-state index >= 15 is 0 Å². The van der Waals surface area contributed by atoms with E-state index in [-0.39, 0.29) is 37.3 Å². The summed E-state index contributed by atoms with van der Waals surface area (Å²) in [6.07, 6.45) is 0. The molecule has 0 bridgehead atoms. The van der Waals surface area contributed by atoms with Crippen LogP contribution in [0.15, 0.2) is 72.8 Å². The minimum absolute atomic E-state index is 0.0268. The SMILES string of the molecule is O=C(Cn1c(CNC(=O)c2ccccc2Cl)nc2ccccc21)NCc1ccc(F)cc1. The van der Waals surface area contributed by atoms with Gasteiger partial charge in [-0.15, -0.1) is 0 Å². The van der Waals surface area contributed by atoms with Crippen LogP contribution in [0, 0.1) is 5.82 Å². The Bertz CT molecular complexity index is 1270. The number of nitrogens with zero attached hydrogens (tertiary/aromatic N) is 2. The van der Waals surface area contributed by atoms with Crippen LogP contribution in [0.5, 0.6) is 0 Å². The van der Waals surface area contributed by atoms with Crippen LogP contribution in [0.1, 0.15) is 21.7 Å². The summed E-state index contributed by atoms with van der Waals surface area (Å²) in [6.45, 7) is 0.438. The second kappa shape index (κ2) is 9.62. The molecule has 3 aromatic carbocycles. The normalized spacial score (nSPS) is 10.8. The number of para-hydroxylation sites is 2. The molecule has 0 saturated carbocycles. The third kappa shape index (κ3) is 4.95. The fourth-order valence-corrected chi connectivity index (χ4v) is 3.56. The molecule has 4 rings (SSSR count). The number of fused-ring (bicyclic) bond motifs is 1. The second-order valence-corrected chi connectivity index (χ2v) is 7.58. The first kappa shape index (κ1) is 21.5. The molecular formula is C24H20ClFN4O2. The zero-order valence-electron chi connectivity index (χ0n) is 17.0. The summed E-state index contributed by atoms with van der Waals surface area (Å²) in [7, 11) is 0. The highest BCUT2D eigenvalue weighted by atomic mass is 35.5. The van der Waals surface area contributed by atoms with Crippen LogP contribution < -0.4 is 10.6 Å². The molecule has 32 heavy (non-hydrogen) atoms. The zero-order chi connectivity index (χ0) is 22.5. The number of halogens is 2. The Morgan fingerprint density at radius 2 is 1.62 bits per heavy atom. The van der Waals surface area contributed by atoms with Crippen LogP contribution in [-0.4, -0.2) is 21.4 Å². The van der Waals surface area contributed by atoms with Gasteiger partial charge in [0.25, 0.3) is 5.91 Å². The van der Waals surface area contributed by atoms with Crippen LogP contribution >= 0.6 is 11.6 Å². The predicted octanol–water partition coefficient (Wildman–Crippen LogP) is 4.08. The van der Waals surface area contributed by atoms with E-state index < -0.39 is 0 Å². The minimum atomic E-state index is -0.326. The van der Waals surface area contributed by atoms with Gasteiger partial charge in [0, 0.05) is 6.54 Å². The number of amides is 2. The summed E-state index contributed by atoms with van der Waals surface area (Å²) in [5.74, 6) is -0.330. The first-order chi connectivity index (χ1) is 15.5. The molecule has 0 aliphatic heterocycles. The lowest BCUT2D eigenvalue weighted by Crippen LogP contribution is -2.29. The second-order valence-electron chi connectivity index (χ2n) is 7.17. The molecule has 8 heteroatoms. The molecule has 4 aromatic rings. The molecule has 1 aromatic heterocycles. The van der Waals surface area contributed by atoms with E-state index in [1.165, 1.54) is 12.1 Å². The Balaban J connectivity index is 1.48. The Hall–Kier alpha value is -3.71. The fraction of sp³-hybridized carbons (Fsp3) is 0.125. The molecule has 6 nitrogen and oxygen atoms in total. The van der Waals surface area contributed by atoms with Gasteiger partial charge in [-0.2, -0.15) is 0 Å². The van der Waals surface area contributed by atoms with Gasteiger partial charge >= 0.3 is 0 Å². The van der Waals surface area contributed by atoms with Gasteiger partial charge in [0.2, 0.25) is 5.91 Å². The maximum absolute atomic E-state index is 13.1. The highest BCUT2D eigenvalue weighted by Crippen LogP contribution is 2.17. The van der Waals surface area contributed by atoms with Gasteiger partial charge in [0.15, 0.2) is 0 Å². The smallest absolute Gasteiger partial charge is 0.253 e. The molecule has 0 spiro atoms. The lowest BCUT2D eigenvalue weighted by Gasteiger charge is -2.11. The Morgan fingerprint density at radius 1 is 0.906 bits per heavy atom. The number of hydrogen-bond donors (Lipinski definition) is 2. The van der Waals surface area contributed by atoms with Crippen molar-refractivity contribution < 1.29 is 14.0 Å². The van der Waals surface area contributed by atoms with Gasteiger partial charge in [-0.25, -0.2) is 9.37 Å². The van der Waals surface area contributed by atoms with Crippen LogP contribution in [0.4, 0.5) is 4.39 Å². The van der Waals surface area contributed by atoms with Crippen LogP contribution in [0.2, 0.25) is 5.02 Å². The van der Waals surface area contributed by atoms with Gasteiger partial charge in [0.05, 0.1) is 28.2 Å². The van der Waals surface area contributed by atoms with Crippen molar-refractivity contribution in [3.8, 4) is 0 Å². The molecule has 1 heterocycles. The van der Waals surface area contributed by atoms with Crippen LogP contribution in [0.25, 0.3) is 11.0 Å². The van der Waals surface area contributed by atoms with E-state index in [1.807, 2.05) is 24.3 Å². The minimum Gasteiger partial charge on any atom is -0.350 e. The molecule has 0 fully saturated rings. The highest BCUT2D eigenvalue weighted by Gasteiger charge is 2.16. The summed E-state index contributed by atoms with van der Waals surface area (Å²) in [5, 5.41) is 6.01. The molecule has 0 saturated heterocycles. The van der Waals surface area contributed by atoms with E-state index in [4.69, 9.17) is 11.6 Å². The lowest BCUT2D eigenvalue weighted by atomic mass is 10.2. The first-order valence-corrected chi connectivity index (χ1v) is 10.4. The molecule has 0 atom stereocenters. The highest BCUT2D eigenvalue weighted by molar-refractivity contribution is 6.33. The van der Waals surface area contributed by atoms with Crippen molar-refractivity contribution in [3.63, 3.8) is 0 Å². The van der Waals surface area contributed by atoms with Gasteiger partial charge in [-0.05, 0) is 42.0 Å². The van der Waals surface area contributed by atoms with Crippen molar-refractivity contribution in [2.45, 2.75) is 19.6 Å². The number of benzene rings is 3. The number of rotatable bonds is 7. The number of hydrogen-bond acceptors (Lipinski definition) is 3. The number of aromatic nitrogens is 2. The van der Waals surface area contributed by atoms with Crippen molar-refractivity contribution in [2.75, 3.05) is 0 Å².